The zero-order valence-electron chi connectivity index (χ0n) is 25.1. The third-order valence-electron chi connectivity index (χ3n) is 7.88. The number of imidazole rings is 1. The average Bonchev–Trinajstić information content (AvgIpc) is 3.78. The molecule has 3 heterocycles. The van der Waals surface area contributed by atoms with Crippen LogP contribution in [-0.4, -0.2) is 39.1 Å². The maximum atomic E-state index is 11.9. The Kier molecular flexibility index (Phi) is 8.84. The van der Waals surface area contributed by atoms with Gasteiger partial charge in [0.15, 0.2) is 23.0 Å². The van der Waals surface area contributed by atoms with E-state index in [9.17, 15) is 9.90 Å². The van der Waals surface area contributed by atoms with Crippen LogP contribution in [0, 0.1) is 0 Å². The number of carboxylic acid groups (broad SMARTS) is 1. The zero-order chi connectivity index (χ0) is 30.5. The number of ether oxygens (including phenoxy) is 4. The first-order chi connectivity index (χ1) is 21.5. The fourth-order valence-electron chi connectivity index (χ4n) is 5.73. The fourth-order valence-corrected chi connectivity index (χ4v) is 5.73. The topological polar surface area (TPSA) is 95.3 Å². The van der Waals surface area contributed by atoms with E-state index >= 15 is 0 Å². The average molecular weight is 596 g/mol. The van der Waals surface area contributed by atoms with Crippen LogP contribution in [0.15, 0.2) is 72.8 Å². The number of aromatic nitrogens is 2. The molecule has 44 heavy (non-hydrogen) atoms. The van der Waals surface area contributed by atoms with Gasteiger partial charge in [0.2, 0.25) is 13.6 Å². The van der Waals surface area contributed by atoms with Crippen LogP contribution in [0.5, 0.6) is 23.0 Å². The maximum absolute atomic E-state index is 11.9. The summed E-state index contributed by atoms with van der Waals surface area (Å²) >= 11 is 0. The molecule has 0 unspecified atom stereocenters. The number of allylic oxidation sites excluding steroid dienone is 1. The van der Waals surface area contributed by atoms with E-state index in [4.69, 9.17) is 23.9 Å². The molecule has 228 valence electrons. The molecule has 0 saturated carbocycles. The summed E-state index contributed by atoms with van der Waals surface area (Å²) in [6, 6.07) is 22.2. The summed E-state index contributed by atoms with van der Waals surface area (Å²) in [6.45, 7) is 7.14. The van der Waals surface area contributed by atoms with Crippen LogP contribution in [0.3, 0.4) is 0 Å². The molecule has 1 aromatic heterocycles. The van der Waals surface area contributed by atoms with Crippen LogP contribution in [-0.2, 0) is 31.0 Å². The van der Waals surface area contributed by atoms with Gasteiger partial charge in [-0.25, -0.2) is 9.78 Å². The van der Waals surface area contributed by atoms with Crippen molar-refractivity contribution in [3.63, 3.8) is 0 Å². The van der Waals surface area contributed by atoms with Crippen LogP contribution in [0.2, 0.25) is 0 Å². The molecule has 2 aliphatic heterocycles. The van der Waals surface area contributed by atoms with Gasteiger partial charge in [0.1, 0.15) is 5.82 Å². The van der Waals surface area contributed by atoms with E-state index < -0.39 is 5.97 Å². The van der Waals surface area contributed by atoms with Crippen molar-refractivity contribution in [1.82, 2.24) is 14.5 Å². The quantitative estimate of drug-likeness (QED) is 0.167. The molecule has 6 rings (SSSR count). The van der Waals surface area contributed by atoms with Crippen molar-refractivity contribution in [1.29, 1.82) is 0 Å². The van der Waals surface area contributed by atoms with Crippen molar-refractivity contribution < 1.29 is 28.8 Å². The van der Waals surface area contributed by atoms with E-state index in [-0.39, 0.29) is 13.6 Å². The maximum Gasteiger partial charge on any atom is 0.328 e. The SMILES string of the molecule is CCCCn1c(-c2ccccc2)nc(/C(=C/C(=O)O)CC)c1CN(Cc1ccc2c(c1)OCO2)Cc1ccc2c(c1)OCO2. The highest BCUT2D eigenvalue weighted by Gasteiger charge is 2.24. The highest BCUT2D eigenvalue weighted by molar-refractivity contribution is 5.90. The normalized spacial score (nSPS) is 13.6. The summed E-state index contributed by atoms with van der Waals surface area (Å²) in [5, 5.41) is 9.76. The molecule has 2 aliphatic rings. The number of benzene rings is 3. The molecule has 0 saturated heterocycles. The largest absolute Gasteiger partial charge is 0.478 e. The Morgan fingerprint density at radius 3 is 2.05 bits per heavy atom. The number of nitrogens with zero attached hydrogens (tertiary/aromatic N) is 3. The second kappa shape index (κ2) is 13.3. The summed E-state index contributed by atoms with van der Waals surface area (Å²) < 4.78 is 24.7. The number of carboxylic acids is 1. The Hall–Kier alpha value is -4.76. The van der Waals surface area contributed by atoms with Gasteiger partial charge in [-0.05, 0) is 53.8 Å². The van der Waals surface area contributed by atoms with Crippen molar-refractivity contribution >= 4 is 11.5 Å². The summed E-state index contributed by atoms with van der Waals surface area (Å²) in [6.07, 6.45) is 3.83. The minimum absolute atomic E-state index is 0.220. The summed E-state index contributed by atoms with van der Waals surface area (Å²) in [4.78, 5) is 19.4. The molecule has 0 spiro atoms. The molecule has 0 radical (unpaired) electrons. The van der Waals surface area contributed by atoms with Gasteiger partial charge >= 0.3 is 5.97 Å². The molecule has 9 nitrogen and oxygen atoms in total. The van der Waals surface area contributed by atoms with Crippen molar-refractivity contribution in [2.75, 3.05) is 13.6 Å². The third-order valence-corrected chi connectivity index (χ3v) is 7.88. The highest BCUT2D eigenvalue weighted by Crippen LogP contribution is 2.36. The van der Waals surface area contributed by atoms with Gasteiger partial charge in [0.05, 0.1) is 11.4 Å². The molecule has 3 aromatic carbocycles. The number of aliphatic carboxylic acids is 1. The Bertz CT molecular complexity index is 1600. The summed E-state index contributed by atoms with van der Waals surface area (Å²) in [5.74, 6) is 2.84. The van der Waals surface area contributed by atoms with E-state index in [1.807, 2.05) is 49.4 Å². The van der Waals surface area contributed by atoms with Crippen LogP contribution >= 0.6 is 0 Å². The van der Waals surface area contributed by atoms with Crippen molar-refractivity contribution in [3.05, 3.63) is 95.3 Å². The molecular formula is C35H37N3O6. The second-order valence-corrected chi connectivity index (χ2v) is 11.0. The Morgan fingerprint density at radius 1 is 0.864 bits per heavy atom. The number of hydrogen-bond donors (Lipinski definition) is 1. The first-order valence-corrected chi connectivity index (χ1v) is 15.1. The first-order valence-electron chi connectivity index (χ1n) is 15.1. The number of hydrogen-bond acceptors (Lipinski definition) is 7. The lowest BCUT2D eigenvalue weighted by molar-refractivity contribution is -0.131. The van der Waals surface area contributed by atoms with E-state index in [2.05, 4.69) is 40.7 Å². The highest BCUT2D eigenvalue weighted by atomic mass is 16.7. The molecule has 0 fully saturated rings. The lowest BCUT2D eigenvalue weighted by Gasteiger charge is -2.25. The lowest BCUT2D eigenvalue weighted by atomic mass is 10.1. The van der Waals surface area contributed by atoms with Crippen LogP contribution in [0.1, 0.15) is 55.6 Å². The number of fused-ring (bicyclic) bond motifs is 2. The van der Waals surface area contributed by atoms with Gasteiger partial charge in [-0.15, -0.1) is 0 Å². The van der Waals surface area contributed by atoms with E-state index in [0.717, 1.165) is 76.3 Å². The number of rotatable bonds is 13. The van der Waals surface area contributed by atoms with E-state index in [1.165, 1.54) is 6.08 Å². The molecule has 4 aromatic rings. The Balaban J connectivity index is 1.44. The molecule has 0 atom stereocenters. The minimum Gasteiger partial charge on any atom is -0.478 e. The van der Waals surface area contributed by atoms with E-state index in [0.29, 0.717) is 31.6 Å². The molecule has 9 heteroatoms. The molecule has 0 bridgehead atoms. The van der Waals surface area contributed by atoms with Crippen LogP contribution in [0.25, 0.3) is 17.0 Å². The first kappa shape index (κ1) is 29.3. The molecule has 0 aliphatic carbocycles. The van der Waals surface area contributed by atoms with Crippen molar-refractivity contribution in [3.8, 4) is 34.4 Å². The van der Waals surface area contributed by atoms with Crippen molar-refractivity contribution in [2.45, 2.75) is 59.3 Å². The molecular weight excluding hydrogens is 558 g/mol. The van der Waals surface area contributed by atoms with Crippen LogP contribution < -0.4 is 18.9 Å². The predicted molar refractivity (Wildman–Crippen MR) is 167 cm³/mol. The Morgan fingerprint density at radius 2 is 1.48 bits per heavy atom. The second-order valence-electron chi connectivity index (χ2n) is 11.0. The van der Waals surface area contributed by atoms with Crippen LogP contribution in [0.4, 0.5) is 0 Å². The van der Waals surface area contributed by atoms with Gasteiger partial charge < -0.3 is 28.6 Å². The van der Waals surface area contributed by atoms with Gasteiger partial charge in [0.25, 0.3) is 0 Å². The smallest absolute Gasteiger partial charge is 0.328 e. The van der Waals surface area contributed by atoms with Gasteiger partial charge in [0, 0.05) is 37.8 Å². The Labute approximate surface area is 257 Å². The summed E-state index contributed by atoms with van der Waals surface area (Å²) in [7, 11) is 0. The van der Waals surface area contributed by atoms with Gasteiger partial charge in [-0.3, -0.25) is 4.90 Å². The number of unbranched alkanes of at least 4 members (excludes halogenated alkanes) is 1. The number of carbonyl (C=O) groups is 1. The fraction of sp³-hybridized carbons (Fsp3) is 0.314. The molecule has 1 N–H and O–H groups in total. The van der Waals surface area contributed by atoms with Gasteiger partial charge in [-0.2, -0.15) is 0 Å². The molecule has 0 amide bonds. The van der Waals surface area contributed by atoms with Crippen molar-refractivity contribution in [2.24, 2.45) is 0 Å². The summed E-state index contributed by atoms with van der Waals surface area (Å²) in [5.41, 5.74) is 5.58. The zero-order valence-corrected chi connectivity index (χ0v) is 25.1. The third kappa shape index (κ3) is 6.43. The predicted octanol–water partition coefficient (Wildman–Crippen LogP) is 6.89. The monoisotopic (exact) mass is 595 g/mol. The standard InChI is InChI=1S/C35H37N3O6/c1-3-5-15-38-28(34(26(4-2)18-33(39)40)36-35(38)27-9-7-6-8-10-27)21-37(19-24-11-13-29-31(16-24)43-22-41-29)20-25-12-14-30-32(17-25)44-23-42-30/h6-14,16-18H,3-5,15,19-23H2,1-2H3,(H,39,40)/b26-18+. The lowest BCUT2D eigenvalue weighted by Crippen LogP contribution is -2.25. The van der Waals surface area contributed by atoms with E-state index in [1.54, 1.807) is 0 Å². The minimum atomic E-state index is -0.977. The van der Waals surface area contributed by atoms with Gasteiger partial charge in [-0.1, -0.05) is 62.7 Å².